The summed E-state index contributed by atoms with van der Waals surface area (Å²) in [7, 11) is 0. The highest BCUT2D eigenvalue weighted by Gasteiger charge is 2.43. The highest BCUT2D eigenvalue weighted by Crippen LogP contribution is 2.40. The summed E-state index contributed by atoms with van der Waals surface area (Å²) >= 11 is 0. The van der Waals surface area contributed by atoms with Crippen molar-refractivity contribution < 1.29 is 4.79 Å². The molecule has 1 saturated carbocycles. The summed E-state index contributed by atoms with van der Waals surface area (Å²) < 4.78 is 0. The number of ketones is 1. The molecule has 1 aliphatic carbocycles. The Bertz CT molecular complexity index is 194. The molecule has 0 aromatic heterocycles. The molecule has 1 spiro atoms. The molecule has 0 aromatic rings. The predicted molar refractivity (Wildman–Crippen MR) is 47.9 cm³/mol. The molecule has 0 radical (unpaired) electrons. The molecule has 1 N–H and O–H groups in total. The van der Waals surface area contributed by atoms with Crippen LogP contribution in [0.25, 0.3) is 0 Å². The molecule has 1 heterocycles. The summed E-state index contributed by atoms with van der Waals surface area (Å²) in [6.07, 6.45) is 4.14. The van der Waals surface area contributed by atoms with Gasteiger partial charge in [-0.3, -0.25) is 4.79 Å². The molecule has 0 amide bonds. The highest BCUT2D eigenvalue weighted by molar-refractivity contribution is 5.86. The van der Waals surface area contributed by atoms with Crippen LogP contribution in [0.3, 0.4) is 0 Å². The first-order chi connectivity index (χ1) is 5.73. The Balaban J connectivity index is 2.14. The van der Waals surface area contributed by atoms with E-state index in [1.165, 1.54) is 0 Å². The zero-order valence-corrected chi connectivity index (χ0v) is 7.73. The van der Waals surface area contributed by atoms with Gasteiger partial charge in [-0.1, -0.05) is 6.92 Å². The second-order valence-electron chi connectivity index (χ2n) is 4.48. The Morgan fingerprint density at radius 3 is 3.08 bits per heavy atom. The monoisotopic (exact) mass is 167 g/mol. The van der Waals surface area contributed by atoms with E-state index >= 15 is 0 Å². The van der Waals surface area contributed by atoms with Gasteiger partial charge in [-0.05, 0) is 31.7 Å². The third-order valence-electron chi connectivity index (χ3n) is 3.44. The van der Waals surface area contributed by atoms with Crippen molar-refractivity contribution >= 4 is 5.78 Å². The van der Waals surface area contributed by atoms with Crippen molar-refractivity contribution in [3.63, 3.8) is 0 Å². The van der Waals surface area contributed by atoms with Crippen LogP contribution in [0.1, 0.15) is 32.6 Å². The zero-order valence-electron chi connectivity index (χ0n) is 7.73. The van der Waals surface area contributed by atoms with Crippen LogP contribution < -0.4 is 5.32 Å². The van der Waals surface area contributed by atoms with E-state index in [0.29, 0.717) is 5.78 Å². The maximum atomic E-state index is 11.7. The van der Waals surface area contributed by atoms with E-state index in [0.717, 1.165) is 44.7 Å². The van der Waals surface area contributed by atoms with Gasteiger partial charge >= 0.3 is 0 Å². The van der Waals surface area contributed by atoms with Crippen molar-refractivity contribution in [2.24, 2.45) is 11.3 Å². The standard InChI is InChI=1S/C10H17NO/c1-8-2-3-9(12)10(6-8)4-5-11-7-10/h8,11H,2-7H2,1H3. The van der Waals surface area contributed by atoms with Crippen molar-refractivity contribution in [1.82, 2.24) is 5.32 Å². The molecule has 2 rings (SSSR count). The molecule has 0 aromatic carbocycles. The lowest BCUT2D eigenvalue weighted by atomic mass is 9.69. The van der Waals surface area contributed by atoms with Gasteiger partial charge in [0.2, 0.25) is 0 Å². The third-order valence-corrected chi connectivity index (χ3v) is 3.44. The highest BCUT2D eigenvalue weighted by atomic mass is 16.1. The fraction of sp³-hybridized carbons (Fsp3) is 0.900. The van der Waals surface area contributed by atoms with Gasteiger partial charge in [0.1, 0.15) is 5.78 Å². The minimum absolute atomic E-state index is 0.0532. The van der Waals surface area contributed by atoms with Crippen molar-refractivity contribution in [3.05, 3.63) is 0 Å². The normalized spacial score (nSPS) is 42.4. The average molecular weight is 167 g/mol. The van der Waals surface area contributed by atoms with Crippen LogP contribution >= 0.6 is 0 Å². The molecular weight excluding hydrogens is 150 g/mol. The summed E-state index contributed by atoms with van der Waals surface area (Å²) in [5.74, 6) is 1.27. The van der Waals surface area contributed by atoms with Gasteiger partial charge in [0.05, 0.1) is 0 Å². The van der Waals surface area contributed by atoms with Gasteiger partial charge in [0.25, 0.3) is 0 Å². The number of hydrogen-bond donors (Lipinski definition) is 1. The first-order valence-electron chi connectivity index (χ1n) is 4.97. The summed E-state index contributed by atoms with van der Waals surface area (Å²) in [5.41, 5.74) is 0.0532. The average Bonchev–Trinajstić information content (AvgIpc) is 2.48. The minimum Gasteiger partial charge on any atom is -0.316 e. The van der Waals surface area contributed by atoms with Crippen molar-refractivity contribution in [1.29, 1.82) is 0 Å². The molecule has 2 unspecified atom stereocenters. The Kier molecular flexibility index (Phi) is 1.95. The molecule has 2 aliphatic rings. The van der Waals surface area contributed by atoms with Crippen LogP contribution in [-0.4, -0.2) is 18.9 Å². The maximum absolute atomic E-state index is 11.7. The lowest BCUT2D eigenvalue weighted by Crippen LogP contribution is -2.38. The molecule has 1 aliphatic heterocycles. The summed E-state index contributed by atoms with van der Waals surface area (Å²) in [6, 6.07) is 0. The Morgan fingerprint density at radius 1 is 1.58 bits per heavy atom. The second kappa shape index (κ2) is 2.84. The van der Waals surface area contributed by atoms with E-state index in [9.17, 15) is 4.79 Å². The van der Waals surface area contributed by atoms with Crippen molar-refractivity contribution in [3.8, 4) is 0 Å². The quantitative estimate of drug-likeness (QED) is 0.590. The first kappa shape index (κ1) is 8.24. The van der Waals surface area contributed by atoms with E-state index in [4.69, 9.17) is 0 Å². The Hall–Kier alpha value is -0.370. The van der Waals surface area contributed by atoms with Crippen molar-refractivity contribution in [2.45, 2.75) is 32.6 Å². The smallest absolute Gasteiger partial charge is 0.140 e. The van der Waals surface area contributed by atoms with Crippen LogP contribution in [0, 0.1) is 11.3 Å². The largest absolute Gasteiger partial charge is 0.316 e. The van der Waals surface area contributed by atoms with Crippen LogP contribution in [-0.2, 0) is 4.79 Å². The Morgan fingerprint density at radius 2 is 2.42 bits per heavy atom. The third kappa shape index (κ3) is 1.18. The van der Waals surface area contributed by atoms with Gasteiger partial charge in [-0.25, -0.2) is 0 Å². The van der Waals surface area contributed by atoms with E-state index < -0.39 is 0 Å². The van der Waals surface area contributed by atoms with Gasteiger partial charge in [0.15, 0.2) is 0 Å². The van der Waals surface area contributed by atoms with E-state index in [-0.39, 0.29) is 5.41 Å². The lowest BCUT2D eigenvalue weighted by Gasteiger charge is -2.34. The summed E-state index contributed by atoms with van der Waals surface area (Å²) in [4.78, 5) is 11.7. The molecule has 1 saturated heterocycles. The number of nitrogens with one attached hydrogen (secondary N) is 1. The SMILES string of the molecule is CC1CCC(=O)C2(CCNC2)C1. The minimum atomic E-state index is 0.0532. The fourth-order valence-electron chi connectivity index (χ4n) is 2.68. The van der Waals surface area contributed by atoms with Crippen LogP contribution in [0.5, 0.6) is 0 Å². The van der Waals surface area contributed by atoms with Gasteiger partial charge in [0, 0.05) is 18.4 Å². The van der Waals surface area contributed by atoms with Crippen LogP contribution in [0.4, 0.5) is 0 Å². The van der Waals surface area contributed by atoms with Gasteiger partial charge in [-0.2, -0.15) is 0 Å². The van der Waals surface area contributed by atoms with Crippen LogP contribution in [0.15, 0.2) is 0 Å². The fourth-order valence-corrected chi connectivity index (χ4v) is 2.68. The van der Waals surface area contributed by atoms with Crippen LogP contribution in [0.2, 0.25) is 0 Å². The number of hydrogen-bond acceptors (Lipinski definition) is 2. The molecule has 68 valence electrons. The van der Waals surface area contributed by atoms with E-state index in [1.807, 2.05) is 0 Å². The first-order valence-corrected chi connectivity index (χ1v) is 4.97. The van der Waals surface area contributed by atoms with Gasteiger partial charge < -0.3 is 5.32 Å². The topological polar surface area (TPSA) is 29.1 Å². The van der Waals surface area contributed by atoms with E-state index in [1.54, 1.807) is 0 Å². The van der Waals surface area contributed by atoms with Gasteiger partial charge in [-0.15, -0.1) is 0 Å². The molecule has 2 nitrogen and oxygen atoms in total. The number of carbonyl (C=O) groups excluding carboxylic acids is 1. The predicted octanol–water partition coefficient (Wildman–Crippen LogP) is 1.36. The number of carbonyl (C=O) groups is 1. The molecule has 2 atom stereocenters. The molecular formula is C10H17NO. The summed E-state index contributed by atoms with van der Waals surface area (Å²) in [5, 5.41) is 3.31. The van der Waals surface area contributed by atoms with Crippen molar-refractivity contribution in [2.75, 3.05) is 13.1 Å². The lowest BCUT2D eigenvalue weighted by molar-refractivity contribution is -0.131. The number of rotatable bonds is 0. The molecule has 2 fully saturated rings. The molecule has 12 heavy (non-hydrogen) atoms. The maximum Gasteiger partial charge on any atom is 0.140 e. The number of Topliss-reactive ketones (excluding diaryl/α,β-unsaturated/α-hetero) is 1. The molecule has 0 bridgehead atoms. The molecule has 2 heteroatoms. The van der Waals surface area contributed by atoms with E-state index in [2.05, 4.69) is 12.2 Å². The second-order valence-corrected chi connectivity index (χ2v) is 4.48. The zero-order chi connectivity index (χ0) is 8.60. The Labute approximate surface area is 73.7 Å². The summed E-state index contributed by atoms with van der Waals surface area (Å²) in [6.45, 7) is 4.25.